The molecule has 0 fully saturated rings. The largest absolute Gasteiger partial charge is 0.375 e. The van der Waals surface area contributed by atoms with Gasteiger partial charge in [-0.05, 0) is 20.5 Å². The van der Waals surface area contributed by atoms with Crippen LogP contribution in [0.25, 0.3) is 10.6 Å². The van der Waals surface area contributed by atoms with Crippen LogP contribution < -0.4 is 5.73 Å². The van der Waals surface area contributed by atoms with Crippen LogP contribution in [0.15, 0.2) is 5.38 Å². The van der Waals surface area contributed by atoms with Gasteiger partial charge in [-0.3, -0.25) is 0 Å². The summed E-state index contributed by atoms with van der Waals surface area (Å²) in [6.45, 7) is 3.15. The second-order valence-corrected chi connectivity index (χ2v) is 6.33. The van der Waals surface area contributed by atoms with Gasteiger partial charge in [0.1, 0.15) is 0 Å². The van der Waals surface area contributed by atoms with E-state index in [1.807, 2.05) is 5.38 Å². The van der Waals surface area contributed by atoms with Crippen LogP contribution in [0.4, 0.5) is 5.13 Å². The van der Waals surface area contributed by atoms with E-state index in [1.165, 1.54) is 21.2 Å². The van der Waals surface area contributed by atoms with Gasteiger partial charge in [0.15, 0.2) is 5.13 Å². The number of nitrogens with two attached hydrogens (primary N) is 1. The summed E-state index contributed by atoms with van der Waals surface area (Å²) in [5.74, 6) is 0. The minimum atomic E-state index is 0.621. The predicted octanol–water partition coefficient (Wildman–Crippen LogP) is 2.52. The number of hydrogen-bond acceptors (Lipinski definition) is 6. The van der Waals surface area contributed by atoms with Gasteiger partial charge in [-0.25, -0.2) is 9.97 Å². The molecule has 18 heavy (non-hydrogen) atoms. The van der Waals surface area contributed by atoms with Gasteiger partial charge in [0, 0.05) is 18.3 Å². The quantitative estimate of drug-likeness (QED) is 0.915. The van der Waals surface area contributed by atoms with Crippen molar-refractivity contribution in [1.29, 1.82) is 0 Å². The van der Waals surface area contributed by atoms with E-state index in [0.717, 1.165) is 30.8 Å². The van der Waals surface area contributed by atoms with Crippen LogP contribution in [0.3, 0.4) is 0 Å². The Labute approximate surface area is 115 Å². The molecule has 0 atom stereocenters. The van der Waals surface area contributed by atoms with Crippen LogP contribution in [0.1, 0.15) is 17.6 Å². The van der Waals surface area contributed by atoms with Gasteiger partial charge in [0.2, 0.25) is 0 Å². The van der Waals surface area contributed by atoms with Crippen LogP contribution >= 0.6 is 22.7 Å². The first kappa shape index (κ1) is 13.5. The molecule has 0 spiro atoms. The van der Waals surface area contributed by atoms with Crippen molar-refractivity contribution in [1.82, 2.24) is 14.9 Å². The molecule has 4 nitrogen and oxygen atoms in total. The van der Waals surface area contributed by atoms with Crippen molar-refractivity contribution >= 4 is 27.8 Å². The first-order valence-corrected chi connectivity index (χ1v) is 7.64. The lowest BCUT2D eigenvalue weighted by Crippen LogP contribution is -2.14. The Kier molecular flexibility index (Phi) is 4.31. The van der Waals surface area contributed by atoms with Crippen molar-refractivity contribution in [3.05, 3.63) is 16.1 Å². The lowest BCUT2D eigenvalue weighted by atomic mass is 10.2. The molecule has 2 rings (SSSR count). The van der Waals surface area contributed by atoms with E-state index in [9.17, 15) is 0 Å². The summed E-state index contributed by atoms with van der Waals surface area (Å²) in [5, 5.41) is 3.81. The summed E-state index contributed by atoms with van der Waals surface area (Å²) in [4.78, 5) is 12.4. The molecule has 2 N–H and O–H groups in total. The molecule has 0 aliphatic rings. The highest BCUT2D eigenvalue weighted by Gasteiger charge is 2.14. The topological polar surface area (TPSA) is 55.0 Å². The maximum atomic E-state index is 5.70. The fourth-order valence-corrected chi connectivity index (χ4v) is 3.39. The molecule has 0 amide bonds. The fourth-order valence-electron chi connectivity index (χ4n) is 1.66. The molecule has 6 heteroatoms. The van der Waals surface area contributed by atoms with E-state index in [4.69, 9.17) is 10.7 Å². The van der Waals surface area contributed by atoms with Gasteiger partial charge in [-0.1, -0.05) is 6.92 Å². The lowest BCUT2D eigenvalue weighted by molar-refractivity contribution is 0.413. The minimum Gasteiger partial charge on any atom is -0.375 e. The molecule has 0 saturated carbocycles. The summed E-state index contributed by atoms with van der Waals surface area (Å²) in [6, 6.07) is 0. The predicted molar refractivity (Wildman–Crippen MR) is 79.3 cm³/mol. The molecule has 2 aromatic rings. The number of aryl methyl sites for hydroxylation is 1. The van der Waals surface area contributed by atoms with E-state index < -0.39 is 0 Å². The molecule has 0 unspecified atom stereocenters. The Morgan fingerprint density at radius 1 is 1.33 bits per heavy atom. The molecular weight excluding hydrogens is 264 g/mol. The van der Waals surface area contributed by atoms with Gasteiger partial charge in [-0.15, -0.1) is 22.7 Å². The van der Waals surface area contributed by atoms with E-state index in [0.29, 0.717) is 5.13 Å². The zero-order valence-electron chi connectivity index (χ0n) is 10.9. The lowest BCUT2D eigenvalue weighted by Gasteiger charge is -2.06. The summed E-state index contributed by atoms with van der Waals surface area (Å²) < 4.78 is 0. The molecular formula is C12H18N4S2. The van der Waals surface area contributed by atoms with Crippen LogP contribution in [0.5, 0.6) is 0 Å². The summed E-state index contributed by atoms with van der Waals surface area (Å²) in [7, 11) is 4.16. The van der Waals surface area contributed by atoms with Crippen LogP contribution in [0.2, 0.25) is 0 Å². The highest BCUT2D eigenvalue weighted by Crippen LogP contribution is 2.32. The average Bonchev–Trinajstić information content (AvgIpc) is 2.92. The van der Waals surface area contributed by atoms with Crippen LogP contribution in [-0.4, -0.2) is 35.5 Å². The SMILES string of the molecule is CCc1nc(CCN(C)C)sc1-c1csc(N)n1. The molecule has 98 valence electrons. The molecule has 0 radical (unpaired) electrons. The Bertz CT molecular complexity index is 516. The number of nitrogens with zero attached hydrogens (tertiary/aromatic N) is 3. The molecule has 0 bridgehead atoms. The monoisotopic (exact) mass is 282 g/mol. The third kappa shape index (κ3) is 3.07. The van der Waals surface area contributed by atoms with Crippen LogP contribution in [0, 0.1) is 0 Å². The maximum Gasteiger partial charge on any atom is 0.180 e. The molecule has 2 heterocycles. The minimum absolute atomic E-state index is 0.621. The number of anilines is 1. The maximum absolute atomic E-state index is 5.70. The van der Waals surface area contributed by atoms with Crippen molar-refractivity contribution in [2.24, 2.45) is 0 Å². The second-order valence-electron chi connectivity index (χ2n) is 4.36. The standard InChI is InChI=1S/C12H18N4S2/c1-4-8-11(9-7-17-12(13)15-9)18-10(14-8)5-6-16(2)3/h7H,4-6H2,1-3H3,(H2,13,15). The zero-order valence-corrected chi connectivity index (χ0v) is 12.6. The van der Waals surface area contributed by atoms with Gasteiger partial charge in [-0.2, -0.15) is 0 Å². The number of thiazole rings is 2. The second kappa shape index (κ2) is 5.77. The Morgan fingerprint density at radius 3 is 2.67 bits per heavy atom. The zero-order chi connectivity index (χ0) is 13.1. The number of likely N-dealkylation sites (N-methyl/N-ethyl adjacent to an activating group) is 1. The van der Waals surface area contributed by atoms with Gasteiger partial charge < -0.3 is 10.6 Å². The number of rotatable bonds is 5. The summed E-state index contributed by atoms with van der Waals surface area (Å²) in [6.07, 6.45) is 1.93. The highest BCUT2D eigenvalue weighted by molar-refractivity contribution is 7.16. The van der Waals surface area contributed by atoms with Crippen molar-refractivity contribution in [2.75, 3.05) is 26.4 Å². The third-order valence-corrected chi connectivity index (χ3v) is 4.46. The fraction of sp³-hybridized carbons (Fsp3) is 0.500. The Morgan fingerprint density at radius 2 is 2.11 bits per heavy atom. The number of aromatic nitrogens is 2. The van der Waals surface area contributed by atoms with Gasteiger partial charge in [0.25, 0.3) is 0 Å². The molecule has 0 saturated heterocycles. The van der Waals surface area contributed by atoms with E-state index in [2.05, 4.69) is 30.9 Å². The van der Waals surface area contributed by atoms with Gasteiger partial charge in [0.05, 0.1) is 21.3 Å². The first-order chi connectivity index (χ1) is 8.60. The van der Waals surface area contributed by atoms with Crippen molar-refractivity contribution in [3.63, 3.8) is 0 Å². The molecule has 2 aromatic heterocycles. The van der Waals surface area contributed by atoms with Crippen molar-refractivity contribution < 1.29 is 0 Å². The summed E-state index contributed by atoms with van der Waals surface area (Å²) >= 11 is 3.23. The van der Waals surface area contributed by atoms with Gasteiger partial charge >= 0.3 is 0 Å². The van der Waals surface area contributed by atoms with E-state index >= 15 is 0 Å². The Hall–Kier alpha value is -0.980. The average molecular weight is 282 g/mol. The van der Waals surface area contributed by atoms with Crippen molar-refractivity contribution in [3.8, 4) is 10.6 Å². The molecule has 0 aliphatic heterocycles. The van der Waals surface area contributed by atoms with E-state index in [-0.39, 0.29) is 0 Å². The first-order valence-electron chi connectivity index (χ1n) is 5.94. The molecule has 0 aliphatic carbocycles. The van der Waals surface area contributed by atoms with Crippen LogP contribution in [-0.2, 0) is 12.8 Å². The smallest absolute Gasteiger partial charge is 0.180 e. The highest BCUT2D eigenvalue weighted by atomic mass is 32.1. The third-order valence-electron chi connectivity index (χ3n) is 2.60. The van der Waals surface area contributed by atoms with E-state index in [1.54, 1.807) is 11.3 Å². The van der Waals surface area contributed by atoms with Crippen molar-refractivity contribution in [2.45, 2.75) is 19.8 Å². The normalized spacial score (nSPS) is 11.3. The molecule has 0 aromatic carbocycles. The number of nitrogen functional groups attached to an aromatic ring is 1. The number of hydrogen-bond donors (Lipinski definition) is 1. The summed E-state index contributed by atoms with van der Waals surface area (Å²) in [5.41, 5.74) is 7.81. The Balaban J connectivity index is 2.24.